The summed E-state index contributed by atoms with van der Waals surface area (Å²) in [6, 6.07) is 0.0667. The number of nitrogens with zero attached hydrogens (tertiary/aromatic N) is 2. The molecule has 0 aliphatic heterocycles. The van der Waals surface area contributed by atoms with Gasteiger partial charge in [0, 0.05) is 13.2 Å². The molecule has 0 amide bonds. The largest absolute Gasteiger partial charge is 0.376 e. The van der Waals surface area contributed by atoms with Crippen LogP contribution in [0.4, 0.5) is 0 Å². The average Bonchev–Trinajstić information content (AvgIpc) is 2.69. The zero-order valence-electron chi connectivity index (χ0n) is 11.2. The molecule has 0 aliphatic rings. The number of rotatable bonds is 5. The fraction of sp³-hybridized carbons (Fsp3) is 0.750. The van der Waals surface area contributed by atoms with Crippen molar-refractivity contribution in [2.24, 2.45) is 5.73 Å². The van der Waals surface area contributed by atoms with Gasteiger partial charge in [0.2, 0.25) is 0 Å². The predicted octanol–water partition coefficient (Wildman–Crippen LogP) is 3.04. The Bertz CT molecular complexity index is 372. The van der Waals surface area contributed by atoms with E-state index in [1.165, 1.54) is 0 Å². The van der Waals surface area contributed by atoms with E-state index in [0.717, 1.165) is 16.6 Å². The van der Waals surface area contributed by atoms with E-state index in [1.807, 2.05) is 11.6 Å². The summed E-state index contributed by atoms with van der Waals surface area (Å²) in [5, 5.41) is 4.35. The van der Waals surface area contributed by atoms with Crippen molar-refractivity contribution in [2.45, 2.75) is 51.8 Å². The normalized spacial score (nSPS) is 17.2. The molecule has 1 aromatic heterocycles. The minimum Gasteiger partial charge on any atom is -0.376 e. The minimum atomic E-state index is -0.380. The maximum Gasteiger partial charge on any atom is 0.0855 e. The second-order valence-corrected chi connectivity index (χ2v) is 5.62. The quantitative estimate of drug-likeness (QED) is 0.909. The molecule has 0 fully saturated rings. The van der Waals surface area contributed by atoms with Gasteiger partial charge in [-0.2, -0.15) is 5.10 Å². The van der Waals surface area contributed by atoms with E-state index in [1.54, 1.807) is 13.3 Å². The van der Waals surface area contributed by atoms with Crippen LogP contribution in [0.2, 0.25) is 0 Å². The second-order valence-electron chi connectivity index (χ2n) is 4.76. The lowest BCUT2D eigenvalue weighted by Crippen LogP contribution is -2.41. The lowest BCUT2D eigenvalue weighted by molar-refractivity contribution is -0.0219. The molecule has 4 nitrogen and oxygen atoms in total. The molecular weight excluding hydrogens is 282 g/mol. The van der Waals surface area contributed by atoms with Gasteiger partial charge in [0.1, 0.15) is 0 Å². The van der Waals surface area contributed by atoms with Gasteiger partial charge in [0.25, 0.3) is 0 Å². The van der Waals surface area contributed by atoms with Gasteiger partial charge in [-0.15, -0.1) is 0 Å². The fourth-order valence-corrected chi connectivity index (χ4v) is 2.35. The van der Waals surface area contributed by atoms with Crippen molar-refractivity contribution in [1.29, 1.82) is 0 Å². The van der Waals surface area contributed by atoms with Crippen molar-refractivity contribution >= 4 is 15.9 Å². The number of ether oxygens (including phenoxy) is 1. The molecule has 0 aromatic carbocycles. The van der Waals surface area contributed by atoms with Crippen LogP contribution in [0.15, 0.2) is 10.7 Å². The van der Waals surface area contributed by atoms with Gasteiger partial charge in [-0.1, -0.05) is 6.92 Å². The smallest absolute Gasteiger partial charge is 0.0855 e. The number of halogens is 1. The first-order valence-electron chi connectivity index (χ1n) is 5.91. The third-order valence-electron chi connectivity index (χ3n) is 3.40. The van der Waals surface area contributed by atoms with Gasteiger partial charge in [0.15, 0.2) is 0 Å². The molecule has 1 rings (SSSR count). The van der Waals surface area contributed by atoms with E-state index in [9.17, 15) is 0 Å². The molecule has 98 valence electrons. The van der Waals surface area contributed by atoms with Crippen LogP contribution in [0.1, 0.15) is 51.9 Å². The SMILES string of the molecule is CCC(C)(OC)C(N)c1c(Br)cnn1C(C)C. The first-order valence-corrected chi connectivity index (χ1v) is 6.70. The molecule has 2 atom stereocenters. The van der Waals surface area contributed by atoms with Crippen molar-refractivity contribution in [3.63, 3.8) is 0 Å². The second kappa shape index (κ2) is 5.50. The predicted molar refractivity (Wildman–Crippen MR) is 72.9 cm³/mol. The van der Waals surface area contributed by atoms with Crippen LogP contribution < -0.4 is 5.73 Å². The molecule has 0 radical (unpaired) electrons. The number of hydrogen-bond acceptors (Lipinski definition) is 3. The maximum absolute atomic E-state index is 6.36. The van der Waals surface area contributed by atoms with Crippen molar-refractivity contribution < 1.29 is 4.74 Å². The zero-order chi connectivity index (χ0) is 13.2. The topological polar surface area (TPSA) is 53.1 Å². The summed E-state index contributed by atoms with van der Waals surface area (Å²) in [7, 11) is 1.70. The maximum atomic E-state index is 6.36. The van der Waals surface area contributed by atoms with Gasteiger partial charge in [-0.25, -0.2) is 0 Å². The number of methoxy groups -OCH3 is 1. The van der Waals surface area contributed by atoms with Gasteiger partial charge >= 0.3 is 0 Å². The highest BCUT2D eigenvalue weighted by Crippen LogP contribution is 2.34. The van der Waals surface area contributed by atoms with Gasteiger partial charge < -0.3 is 10.5 Å². The first-order chi connectivity index (χ1) is 7.87. The Morgan fingerprint density at radius 2 is 2.18 bits per heavy atom. The molecule has 17 heavy (non-hydrogen) atoms. The Labute approximate surface area is 112 Å². The van der Waals surface area contributed by atoms with Crippen molar-refractivity contribution in [2.75, 3.05) is 7.11 Å². The molecular formula is C12H22BrN3O. The molecule has 1 heterocycles. The van der Waals surface area contributed by atoms with Crippen LogP contribution in [-0.2, 0) is 4.74 Å². The van der Waals surface area contributed by atoms with Crippen molar-refractivity contribution in [1.82, 2.24) is 9.78 Å². The summed E-state index contributed by atoms with van der Waals surface area (Å²) in [4.78, 5) is 0. The minimum absolute atomic E-state index is 0.211. The summed E-state index contributed by atoms with van der Waals surface area (Å²) in [6.07, 6.45) is 2.64. The molecule has 0 spiro atoms. The Hall–Kier alpha value is -0.390. The van der Waals surface area contributed by atoms with Crippen LogP contribution in [-0.4, -0.2) is 22.5 Å². The van der Waals surface area contributed by atoms with Crippen LogP contribution in [0.25, 0.3) is 0 Å². The zero-order valence-corrected chi connectivity index (χ0v) is 12.8. The molecule has 2 N–H and O–H groups in total. The number of hydrogen-bond donors (Lipinski definition) is 1. The monoisotopic (exact) mass is 303 g/mol. The van der Waals surface area contributed by atoms with Crippen molar-refractivity contribution in [3.8, 4) is 0 Å². The lowest BCUT2D eigenvalue weighted by Gasteiger charge is -2.34. The Kier molecular flexibility index (Phi) is 4.75. The lowest BCUT2D eigenvalue weighted by atomic mass is 9.91. The highest BCUT2D eigenvalue weighted by Gasteiger charge is 2.34. The summed E-state index contributed by atoms with van der Waals surface area (Å²) in [6.45, 7) is 8.28. The average molecular weight is 304 g/mol. The highest BCUT2D eigenvalue weighted by atomic mass is 79.9. The third kappa shape index (κ3) is 2.72. The number of aromatic nitrogens is 2. The third-order valence-corrected chi connectivity index (χ3v) is 4.01. The summed E-state index contributed by atoms with van der Waals surface area (Å²) >= 11 is 3.52. The molecule has 1 aromatic rings. The Balaban J connectivity index is 3.19. The van der Waals surface area contributed by atoms with E-state index in [0.29, 0.717) is 0 Å². The van der Waals surface area contributed by atoms with E-state index in [2.05, 4.69) is 41.8 Å². The molecule has 0 saturated carbocycles. The molecule has 2 unspecified atom stereocenters. The molecule has 0 bridgehead atoms. The summed E-state index contributed by atoms with van der Waals surface area (Å²) in [5.41, 5.74) is 6.97. The van der Waals surface area contributed by atoms with Crippen molar-refractivity contribution in [3.05, 3.63) is 16.4 Å². The van der Waals surface area contributed by atoms with Gasteiger partial charge in [-0.05, 0) is 43.1 Å². The van der Waals surface area contributed by atoms with Crippen LogP contribution in [0.5, 0.6) is 0 Å². The standard InChI is InChI=1S/C12H22BrN3O/c1-6-12(4,17-5)11(14)10-9(13)7-15-16(10)8(2)3/h7-8,11H,6,14H2,1-5H3. The Morgan fingerprint density at radius 1 is 1.59 bits per heavy atom. The van der Waals surface area contributed by atoms with Crippen LogP contribution >= 0.6 is 15.9 Å². The summed E-state index contributed by atoms with van der Waals surface area (Å²) < 4.78 is 8.46. The first kappa shape index (κ1) is 14.7. The van der Waals surface area contributed by atoms with Gasteiger partial charge in [-0.3, -0.25) is 4.68 Å². The molecule has 0 aliphatic carbocycles. The van der Waals surface area contributed by atoms with E-state index in [4.69, 9.17) is 10.5 Å². The van der Waals surface area contributed by atoms with E-state index < -0.39 is 0 Å². The van der Waals surface area contributed by atoms with E-state index in [-0.39, 0.29) is 17.7 Å². The van der Waals surface area contributed by atoms with E-state index >= 15 is 0 Å². The fourth-order valence-electron chi connectivity index (χ4n) is 1.83. The number of nitrogens with two attached hydrogens (primary N) is 1. The van der Waals surface area contributed by atoms with Gasteiger partial charge in [0.05, 0.1) is 28.0 Å². The van der Waals surface area contributed by atoms with Crippen LogP contribution in [0.3, 0.4) is 0 Å². The summed E-state index contributed by atoms with van der Waals surface area (Å²) in [5.74, 6) is 0. The molecule has 5 heteroatoms. The molecule has 0 saturated heterocycles. The Morgan fingerprint density at radius 3 is 2.59 bits per heavy atom. The van der Waals surface area contributed by atoms with Crippen LogP contribution in [0, 0.1) is 0 Å². The highest BCUT2D eigenvalue weighted by molar-refractivity contribution is 9.10.